The fourth-order valence-electron chi connectivity index (χ4n) is 1.52. The third-order valence-electron chi connectivity index (χ3n) is 2.18. The predicted octanol–water partition coefficient (Wildman–Crippen LogP) is 1.75. The van der Waals surface area contributed by atoms with E-state index in [-0.39, 0.29) is 11.5 Å². The lowest BCUT2D eigenvalue weighted by Crippen LogP contribution is -2.23. The molecule has 0 saturated carbocycles. The van der Waals surface area contributed by atoms with Crippen LogP contribution in [0.25, 0.3) is 6.08 Å². The van der Waals surface area contributed by atoms with Crippen LogP contribution >= 0.6 is 0 Å². The monoisotopic (exact) mass is 251 g/mol. The van der Waals surface area contributed by atoms with Crippen LogP contribution in [0, 0.1) is 0 Å². The average Bonchev–Trinajstić information content (AvgIpc) is 2.69. The molecule has 1 aliphatic rings. The zero-order chi connectivity index (χ0) is 13.7. The summed E-state index contributed by atoms with van der Waals surface area (Å²) in [4.78, 5) is 0. The highest BCUT2D eigenvalue weighted by Gasteiger charge is 2.24. The summed E-state index contributed by atoms with van der Waals surface area (Å²) in [6, 6.07) is 1.67. The Bertz CT molecular complexity index is 558. The molecule has 0 radical (unpaired) electrons. The van der Waals surface area contributed by atoms with Gasteiger partial charge in [0, 0.05) is 12.6 Å². The van der Waals surface area contributed by atoms with Gasteiger partial charge in [0.15, 0.2) is 5.75 Å². The number of benzene rings is 1. The van der Waals surface area contributed by atoms with Crippen LogP contribution in [0.5, 0.6) is 17.2 Å². The number of methoxy groups -OCH3 is 2. The van der Waals surface area contributed by atoms with Crippen molar-refractivity contribution in [2.75, 3.05) is 14.2 Å². The van der Waals surface area contributed by atoms with Crippen LogP contribution in [-0.2, 0) is 0 Å². The zero-order valence-corrected chi connectivity index (χ0v) is 11.2. The van der Waals surface area contributed by atoms with Gasteiger partial charge in [-0.3, -0.25) is 0 Å². The topological polar surface area (TPSA) is 50.0 Å². The predicted molar refractivity (Wildman–Crippen MR) is 72.3 cm³/mol. The van der Waals surface area contributed by atoms with E-state index in [1.165, 1.54) is 20.6 Å². The van der Waals surface area contributed by atoms with Gasteiger partial charge < -0.3 is 14.6 Å². The molecule has 0 aliphatic carbocycles. The lowest BCUT2D eigenvalue weighted by atomic mass is 10.2. The van der Waals surface area contributed by atoms with Gasteiger partial charge in [-0.25, -0.2) is 4.42 Å². The highest BCUT2D eigenvalue weighted by Crippen LogP contribution is 2.31. The lowest BCUT2D eigenvalue weighted by molar-refractivity contribution is 0.337. The van der Waals surface area contributed by atoms with Crippen molar-refractivity contribution in [2.45, 2.75) is 20.3 Å². The van der Waals surface area contributed by atoms with Crippen molar-refractivity contribution in [3.05, 3.63) is 33.5 Å². The molecule has 0 unspecified atom stereocenters. The minimum atomic E-state index is -0.0677. The van der Waals surface area contributed by atoms with Crippen LogP contribution in [-0.4, -0.2) is 19.3 Å². The maximum absolute atomic E-state index is 9.77. The summed E-state index contributed by atoms with van der Waals surface area (Å²) in [6.45, 7) is 7.92. The lowest BCUT2D eigenvalue weighted by Gasteiger charge is -2.03. The summed E-state index contributed by atoms with van der Waals surface area (Å²) in [5, 5.41) is 10.5. The van der Waals surface area contributed by atoms with Gasteiger partial charge in [-0.2, -0.15) is 0 Å². The molecule has 0 atom stereocenters. The number of hydrogen-bond donors (Lipinski definition) is 1. The fraction of sp³-hybridized carbons (Fsp3) is 0.357. The quantitative estimate of drug-likeness (QED) is 0.815. The molecular formula is C14H19O4+. The first kappa shape index (κ1) is 14.1. The standard InChI is InChI=1S/C11H10O4.C3H8/c1-6-4-7-5-8(13-2)9(12)11(14-3)10(7)15-6;1-3-2/h4-5H,1H2,2-3H3;3H2,1-2H3/p+1. The van der Waals surface area contributed by atoms with E-state index in [0.29, 0.717) is 16.9 Å². The van der Waals surface area contributed by atoms with E-state index in [1.807, 2.05) is 0 Å². The van der Waals surface area contributed by atoms with E-state index in [1.54, 1.807) is 12.1 Å². The summed E-state index contributed by atoms with van der Waals surface area (Å²) in [5.41, 5.74) is 0.473. The molecule has 1 aromatic rings. The second-order valence-corrected chi connectivity index (χ2v) is 3.80. The molecule has 0 spiro atoms. The van der Waals surface area contributed by atoms with Crippen LogP contribution in [0.4, 0.5) is 0 Å². The summed E-state index contributed by atoms with van der Waals surface area (Å²) in [7, 11) is 2.94. The third-order valence-corrected chi connectivity index (χ3v) is 2.18. The first-order valence-corrected chi connectivity index (χ1v) is 5.78. The number of rotatable bonds is 2. The first-order chi connectivity index (χ1) is 8.58. The second kappa shape index (κ2) is 6.10. The SMILES string of the molecule is C=C1C=c2cc(OC)c(O)c(OC)c2=[O+]1.CCC. The molecule has 0 fully saturated rings. The summed E-state index contributed by atoms with van der Waals surface area (Å²) < 4.78 is 15.4. The van der Waals surface area contributed by atoms with Gasteiger partial charge in [0.1, 0.15) is 0 Å². The van der Waals surface area contributed by atoms with Gasteiger partial charge in [-0.05, 0) is 0 Å². The van der Waals surface area contributed by atoms with Crippen LogP contribution < -0.4 is 20.1 Å². The molecule has 1 heterocycles. The first-order valence-electron chi connectivity index (χ1n) is 5.78. The highest BCUT2D eigenvalue weighted by molar-refractivity contribution is 5.60. The number of hydrogen-bond acceptors (Lipinski definition) is 3. The van der Waals surface area contributed by atoms with Crippen LogP contribution in [0.3, 0.4) is 0 Å². The molecular weight excluding hydrogens is 232 g/mol. The van der Waals surface area contributed by atoms with Gasteiger partial charge in [0.05, 0.1) is 25.5 Å². The van der Waals surface area contributed by atoms with E-state index >= 15 is 0 Å². The van der Waals surface area contributed by atoms with Gasteiger partial charge in [0.25, 0.3) is 5.75 Å². The molecule has 0 amide bonds. The molecule has 2 rings (SSSR count). The summed E-state index contributed by atoms with van der Waals surface area (Å²) in [6.07, 6.45) is 3.00. The zero-order valence-electron chi connectivity index (χ0n) is 11.2. The number of phenols is 1. The smallest absolute Gasteiger partial charge is 0.406 e. The van der Waals surface area contributed by atoms with E-state index in [4.69, 9.17) is 13.9 Å². The largest absolute Gasteiger partial charge is 0.501 e. The molecule has 4 nitrogen and oxygen atoms in total. The fourth-order valence-corrected chi connectivity index (χ4v) is 1.52. The van der Waals surface area contributed by atoms with Gasteiger partial charge in [-0.1, -0.05) is 20.3 Å². The Balaban J connectivity index is 0.000000492. The Labute approximate surface area is 106 Å². The molecule has 0 aromatic heterocycles. The van der Waals surface area contributed by atoms with E-state index in [2.05, 4.69) is 20.4 Å². The molecule has 1 N–H and O–H groups in total. The Hall–Kier alpha value is -1.97. The van der Waals surface area contributed by atoms with Gasteiger partial charge in [-0.15, -0.1) is 0 Å². The molecule has 0 bridgehead atoms. The maximum Gasteiger partial charge on any atom is 0.406 e. The number of fused-ring (bicyclic) bond motifs is 1. The number of aromatic hydroxyl groups is 1. The molecule has 18 heavy (non-hydrogen) atoms. The third kappa shape index (κ3) is 2.64. The molecule has 4 heteroatoms. The average molecular weight is 251 g/mol. The Kier molecular flexibility index (Phi) is 4.77. The van der Waals surface area contributed by atoms with Crippen molar-refractivity contribution in [1.82, 2.24) is 0 Å². The minimum absolute atomic E-state index is 0.0677. The maximum atomic E-state index is 9.77. The Morgan fingerprint density at radius 1 is 1.28 bits per heavy atom. The second-order valence-electron chi connectivity index (χ2n) is 3.80. The normalized spacial score (nSPS) is 11.7. The number of ether oxygens (including phenoxy) is 2. The number of phenolic OH excluding ortho intramolecular Hbond substituents is 1. The Morgan fingerprint density at radius 3 is 2.39 bits per heavy atom. The van der Waals surface area contributed by atoms with Crippen molar-refractivity contribution in [1.29, 1.82) is 0 Å². The molecule has 1 aliphatic heterocycles. The van der Waals surface area contributed by atoms with Crippen LogP contribution in [0.1, 0.15) is 20.3 Å². The minimum Gasteiger partial charge on any atom is -0.501 e. The Morgan fingerprint density at radius 2 is 1.89 bits per heavy atom. The van der Waals surface area contributed by atoms with Crippen molar-refractivity contribution in [3.63, 3.8) is 0 Å². The molecule has 98 valence electrons. The van der Waals surface area contributed by atoms with Crippen molar-refractivity contribution in [3.8, 4) is 17.2 Å². The summed E-state index contributed by atoms with van der Waals surface area (Å²) in [5.74, 6) is 1.05. The van der Waals surface area contributed by atoms with Gasteiger partial charge >= 0.3 is 11.2 Å². The molecule has 0 saturated heterocycles. The van der Waals surface area contributed by atoms with E-state index in [9.17, 15) is 5.11 Å². The van der Waals surface area contributed by atoms with Gasteiger partial charge in [0.2, 0.25) is 5.75 Å². The molecule has 1 aromatic carbocycles. The van der Waals surface area contributed by atoms with E-state index < -0.39 is 0 Å². The van der Waals surface area contributed by atoms with Crippen LogP contribution in [0.15, 0.2) is 22.8 Å². The van der Waals surface area contributed by atoms with Crippen molar-refractivity contribution in [2.24, 2.45) is 0 Å². The van der Waals surface area contributed by atoms with Crippen molar-refractivity contribution < 1.29 is 14.6 Å². The summed E-state index contributed by atoms with van der Waals surface area (Å²) >= 11 is 0. The van der Waals surface area contributed by atoms with Crippen molar-refractivity contribution >= 4 is 6.08 Å². The number of allylic oxidation sites excluding steroid dienone is 1. The van der Waals surface area contributed by atoms with E-state index in [0.717, 1.165) is 5.22 Å². The highest BCUT2D eigenvalue weighted by atomic mass is 16.5. The van der Waals surface area contributed by atoms with Crippen LogP contribution in [0.2, 0.25) is 0 Å².